The molecule has 0 bridgehead atoms. The van der Waals surface area contributed by atoms with E-state index >= 15 is 0 Å². The highest BCUT2D eigenvalue weighted by Gasteiger charge is 2.36. The van der Waals surface area contributed by atoms with Gasteiger partial charge in [-0.15, -0.1) is 0 Å². The highest BCUT2D eigenvalue weighted by Crippen LogP contribution is 2.35. The fourth-order valence-electron chi connectivity index (χ4n) is 4.02. The second kappa shape index (κ2) is 8.67. The van der Waals surface area contributed by atoms with Crippen molar-refractivity contribution in [3.05, 3.63) is 41.1 Å². The van der Waals surface area contributed by atoms with Crippen LogP contribution in [-0.2, 0) is 9.53 Å². The van der Waals surface area contributed by atoms with Crippen LogP contribution in [-0.4, -0.2) is 24.7 Å². The van der Waals surface area contributed by atoms with Gasteiger partial charge < -0.3 is 20.1 Å². The molecule has 1 aliphatic carbocycles. The largest absolute Gasteiger partial charge is 0.494 e. The van der Waals surface area contributed by atoms with E-state index < -0.39 is 6.04 Å². The van der Waals surface area contributed by atoms with Gasteiger partial charge in [-0.25, -0.2) is 9.59 Å². The van der Waals surface area contributed by atoms with Crippen LogP contribution in [0.2, 0.25) is 0 Å². The molecule has 1 fully saturated rings. The molecule has 6 heteroatoms. The highest BCUT2D eigenvalue weighted by molar-refractivity contribution is 5.95. The maximum Gasteiger partial charge on any atom is 0.338 e. The molecule has 0 saturated heterocycles. The zero-order valence-electron chi connectivity index (χ0n) is 17.1. The van der Waals surface area contributed by atoms with E-state index in [0.29, 0.717) is 35.5 Å². The minimum Gasteiger partial charge on any atom is -0.494 e. The Labute approximate surface area is 166 Å². The molecule has 3 rings (SSSR count). The molecule has 2 amide bonds. The van der Waals surface area contributed by atoms with Crippen molar-refractivity contribution in [2.75, 3.05) is 6.61 Å². The number of allylic oxidation sites excluding steroid dienone is 1. The lowest BCUT2D eigenvalue weighted by atomic mass is 9.80. The minimum absolute atomic E-state index is 0.0839. The number of hydrogen-bond donors (Lipinski definition) is 2. The lowest BCUT2D eigenvalue weighted by molar-refractivity contribution is -0.147. The average Bonchev–Trinajstić information content (AvgIpc) is 2.64. The van der Waals surface area contributed by atoms with Crippen molar-refractivity contribution in [3.63, 3.8) is 0 Å². The van der Waals surface area contributed by atoms with Gasteiger partial charge in [0.1, 0.15) is 11.9 Å². The summed E-state index contributed by atoms with van der Waals surface area (Å²) in [7, 11) is 0. The first-order valence-electron chi connectivity index (χ1n) is 10.1. The molecule has 1 saturated carbocycles. The minimum atomic E-state index is -0.607. The summed E-state index contributed by atoms with van der Waals surface area (Å²) in [6.45, 7) is 8.59. The Hall–Kier alpha value is -2.50. The number of ether oxygens (including phenoxy) is 2. The Kier molecular flexibility index (Phi) is 6.27. The van der Waals surface area contributed by atoms with Gasteiger partial charge in [0.05, 0.1) is 18.2 Å². The SMILES string of the molecule is CCOc1ccccc1[C@H]1NC(=O)NC(C)=C1C(=O)O[C@@H]1CC[C@@H](C)[C@@H](C)C1. The van der Waals surface area contributed by atoms with Crippen molar-refractivity contribution >= 4 is 12.0 Å². The Morgan fingerprint density at radius 3 is 2.64 bits per heavy atom. The van der Waals surface area contributed by atoms with Crippen LogP contribution in [0.4, 0.5) is 4.79 Å². The molecular weight excluding hydrogens is 356 g/mol. The third kappa shape index (κ3) is 4.32. The molecule has 1 aliphatic heterocycles. The monoisotopic (exact) mass is 386 g/mol. The molecule has 1 heterocycles. The number of urea groups is 1. The van der Waals surface area contributed by atoms with Crippen LogP contribution in [0.5, 0.6) is 5.75 Å². The van der Waals surface area contributed by atoms with Crippen LogP contribution in [0.3, 0.4) is 0 Å². The van der Waals surface area contributed by atoms with Crippen molar-refractivity contribution in [1.82, 2.24) is 10.6 Å². The van der Waals surface area contributed by atoms with Gasteiger partial charge in [-0.3, -0.25) is 0 Å². The summed E-state index contributed by atoms with van der Waals surface area (Å²) in [6, 6.07) is 6.50. The predicted octanol–water partition coefficient (Wildman–Crippen LogP) is 4.08. The molecule has 28 heavy (non-hydrogen) atoms. The van der Waals surface area contributed by atoms with E-state index in [1.807, 2.05) is 31.2 Å². The molecule has 4 atom stereocenters. The maximum atomic E-state index is 13.1. The molecule has 152 valence electrons. The van der Waals surface area contributed by atoms with Crippen LogP contribution in [0.25, 0.3) is 0 Å². The molecule has 2 N–H and O–H groups in total. The van der Waals surface area contributed by atoms with E-state index in [9.17, 15) is 9.59 Å². The van der Waals surface area contributed by atoms with Crippen molar-refractivity contribution in [3.8, 4) is 5.75 Å². The Morgan fingerprint density at radius 1 is 1.18 bits per heavy atom. The first kappa shape index (κ1) is 20.2. The number of para-hydroxylation sites is 1. The number of esters is 1. The van der Waals surface area contributed by atoms with E-state index in [4.69, 9.17) is 9.47 Å². The smallest absolute Gasteiger partial charge is 0.338 e. The summed E-state index contributed by atoms with van der Waals surface area (Å²) >= 11 is 0. The topological polar surface area (TPSA) is 76.7 Å². The average molecular weight is 386 g/mol. The Bertz CT molecular complexity index is 774. The van der Waals surface area contributed by atoms with Gasteiger partial charge in [0.2, 0.25) is 0 Å². The standard InChI is InChI=1S/C22H30N2O4/c1-5-27-18-9-7-6-8-17(18)20-19(15(4)23-22(26)24-20)21(25)28-16-11-10-13(2)14(3)12-16/h6-9,13-14,16,20H,5,10-12H2,1-4H3,(H2,23,24,26)/t13-,14+,16-,20-/m1/s1. The maximum absolute atomic E-state index is 13.1. The van der Waals surface area contributed by atoms with Gasteiger partial charge >= 0.3 is 12.0 Å². The summed E-state index contributed by atoms with van der Waals surface area (Å²) in [6.07, 6.45) is 2.73. The zero-order chi connectivity index (χ0) is 20.3. The molecule has 0 spiro atoms. The molecule has 0 unspecified atom stereocenters. The normalized spacial score (nSPS) is 27.6. The fourth-order valence-corrected chi connectivity index (χ4v) is 4.02. The summed E-state index contributed by atoms with van der Waals surface area (Å²) in [5.74, 6) is 1.45. The van der Waals surface area contributed by atoms with E-state index in [-0.39, 0.29) is 18.1 Å². The third-order valence-electron chi connectivity index (χ3n) is 5.84. The van der Waals surface area contributed by atoms with Crippen LogP contribution < -0.4 is 15.4 Å². The van der Waals surface area contributed by atoms with Crippen molar-refractivity contribution < 1.29 is 19.1 Å². The zero-order valence-corrected chi connectivity index (χ0v) is 17.1. The van der Waals surface area contributed by atoms with Crippen LogP contribution in [0, 0.1) is 11.8 Å². The fraction of sp³-hybridized carbons (Fsp3) is 0.545. The van der Waals surface area contributed by atoms with E-state index in [1.54, 1.807) is 6.92 Å². The first-order chi connectivity index (χ1) is 13.4. The number of nitrogens with one attached hydrogen (secondary N) is 2. The number of carbonyl (C=O) groups excluding carboxylic acids is 2. The van der Waals surface area contributed by atoms with E-state index in [1.165, 1.54) is 0 Å². The molecule has 6 nitrogen and oxygen atoms in total. The van der Waals surface area contributed by atoms with Crippen molar-refractivity contribution in [2.24, 2.45) is 11.8 Å². The van der Waals surface area contributed by atoms with Gasteiger partial charge in [-0.1, -0.05) is 32.0 Å². The third-order valence-corrected chi connectivity index (χ3v) is 5.84. The Morgan fingerprint density at radius 2 is 1.93 bits per heavy atom. The quantitative estimate of drug-likeness (QED) is 0.748. The van der Waals surface area contributed by atoms with Gasteiger partial charge in [0.15, 0.2) is 0 Å². The van der Waals surface area contributed by atoms with Crippen molar-refractivity contribution in [2.45, 2.75) is 59.1 Å². The van der Waals surface area contributed by atoms with Crippen LogP contribution in [0.1, 0.15) is 58.6 Å². The van der Waals surface area contributed by atoms with E-state index in [2.05, 4.69) is 24.5 Å². The number of carbonyl (C=O) groups is 2. The van der Waals surface area contributed by atoms with E-state index in [0.717, 1.165) is 24.8 Å². The predicted molar refractivity (Wildman–Crippen MR) is 107 cm³/mol. The van der Waals surface area contributed by atoms with Crippen LogP contribution in [0.15, 0.2) is 35.5 Å². The summed E-state index contributed by atoms with van der Waals surface area (Å²) in [4.78, 5) is 25.2. The molecule has 2 aliphatic rings. The summed E-state index contributed by atoms with van der Waals surface area (Å²) in [5, 5.41) is 5.56. The van der Waals surface area contributed by atoms with Gasteiger partial charge in [0.25, 0.3) is 0 Å². The van der Waals surface area contributed by atoms with Crippen LogP contribution >= 0.6 is 0 Å². The number of benzene rings is 1. The molecule has 0 radical (unpaired) electrons. The highest BCUT2D eigenvalue weighted by atomic mass is 16.5. The number of amides is 2. The molecule has 0 aromatic heterocycles. The second-order valence-corrected chi connectivity index (χ2v) is 7.84. The first-order valence-corrected chi connectivity index (χ1v) is 10.1. The molecular formula is C22H30N2O4. The summed E-state index contributed by atoms with van der Waals surface area (Å²) in [5.41, 5.74) is 1.69. The van der Waals surface area contributed by atoms with Gasteiger partial charge in [0, 0.05) is 11.3 Å². The Balaban J connectivity index is 1.87. The lowest BCUT2D eigenvalue weighted by Gasteiger charge is -2.34. The van der Waals surface area contributed by atoms with Gasteiger partial charge in [-0.2, -0.15) is 0 Å². The van der Waals surface area contributed by atoms with Crippen molar-refractivity contribution in [1.29, 1.82) is 0 Å². The second-order valence-electron chi connectivity index (χ2n) is 7.84. The summed E-state index contributed by atoms with van der Waals surface area (Å²) < 4.78 is 11.6. The number of rotatable bonds is 5. The lowest BCUT2D eigenvalue weighted by Crippen LogP contribution is -2.46. The molecule has 1 aromatic carbocycles. The molecule has 1 aromatic rings. The van der Waals surface area contributed by atoms with Gasteiger partial charge in [-0.05, 0) is 51.0 Å². The number of hydrogen-bond acceptors (Lipinski definition) is 4.